The van der Waals surface area contributed by atoms with Crippen LogP contribution in [0.2, 0.25) is 0 Å². The second kappa shape index (κ2) is 8.07. The van der Waals surface area contributed by atoms with Crippen LogP contribution in [0.15, 0.2) is 0 Å². The number of halogens is 4. The fraction of sp³-hybridized carbons (Fsp3) is 0. The molecule has 16 heavy (non-hydrogen) atoms. The molecular weight excluding hydrogens is 768 g/mol. The normalized spacial score (nSPS) is 23.0. The average molecular weight is 776 g/mol. The van der Waals surface area contributed by atoms with E-state index in [1.807, 2.05) is 0 Å². The van der Waals surface area contributed by atoms with Crippen LogP contribution in [0.1, 0.15) is 0 Å². The van der Waals surface area contributed by atoms with E-state index in [2.05, 4.69) is 88.2 Å². The van der Waals surface area contributed by atoms with E-state index in [0.717, 1.165) is 29.2 Å². The second-order valence-corrected chi connectivity index (χ2v) is 13.7. The SMILES string of the molecule is [2H]P(I)c1sc2c(P([2H])I)sc(P([2H])I)c2c1P([2H])I. The van der Waals surface area contributed by atoms with Crippen LogP contribution in [0.5, 0.6) is 0 Å². The van der Waals surface area contributed by atoms with Crippen molar-refractivity contribution in [2.24, 2.45) is 0 Å². The Morgan fingerprint density at radius 2 is 1.44 bits per heavy atom. The highest BCUT2D eigenvalue weighted by molar-refractivity contribution is 14.2. The maximum absolute atomic E-state index is 8.19. The molecule has 2 aromatic heterocycles. The van der Waals surface area contributed by atoms with Gasteiger partial charge < -0.3 is 0 Å². The lowest BCUT2D eigenvalue weighted by molar-refractivity contribution is 2.50. The van der Waals surface area contributed by atoms with Gasteiger partial charge in [0.15, 0.2) is 0 Å². The Hall–Kier alpha value is 4.30. The molecule has 0 radical (unpaired) electrons. The quantitative estimate of drug-likeness (QED) is 0.282. The zero-order valence-corrected chi connectivity index (χ0v) is 21.0. The van der Waals surface area contributed by atoms with Crippen molar-refractivity contribution < 1.29 is 0 Å². The fourth-order valence-electron chi connectivity index (χ4n) is 1.20. The Morgan fingerprint density at radius 3 is 1.94 bits per heavy atom. The Labute approximate surface area is 167 Å². The molecule has 88 valence electrons. The molecule has 0 bridgehead atoms. The highest BCUT2D eigenvalue weighted by atomic mass is 127. The molecular formula is C6H4I4P4S2. The third-order valence-electron chi connectivity index (χ3n) is 1.78. The monoisotopic (exact) mass is 776 g/mol. The van der Waals surface area contributed by atoms with Crippen LogP contribution in [-0.4, -0.2) is 5.11 Å². The predicted octanol–water partition coefficient (Wildman–Crippen LogP) is 5.58. The number of fused-ring (bicyclic) bond motifs is 1. The highest BCUT2D eigenvalue weighted by Gasteiger charge is 2.19. The fourth-order valence-corrected chi connectivity index (χ4v) is 15.1. The molecule has 4 unspecified atom stereocenters. The summed E-state index contributed by atoms with van der Waals surface area (Å²) in [6, 6.07) is 0. The Balaban J connectivity index is 2.87. The average Bonchev–Trinajstić information content (AvgIpc) is 2.82. The van der Waals surface area contributed by atoms with Crippen LogP contribution in [0, 0.1) is 0 Å². The lowest BCUT2D eigenvalue weighted by Crippen LogP contribution is -2.08. The summed E-state index contributed by atoms with van der Waals surface area (Å²) in [5.41, 5.74) is 0. The van der Waals surface area contributed by atoms with E-state index in [1.54, 1.807) is 22.7 Å². The molecule has 0 aliphatic heterocycles. The van der Waals surface area contributed by atoms with E-state index in [0.29, 0.717) is 0 Å². The number of hydrogen-bond acceptors (Lipinski definition) is 2. The minimum atomic E-state index is -1.06. The summed E-state index contributed by atoms with van der Waals surface area (Å²) < 4.78 is 36.7. The molecule has 0 nitrogen and oxygen atoms in total. The molecule has 0 saturated heterocycles. The van der Waals surface area contributed by atoms with Gasteiger partial charge in [-0.2, -0.15) is 0 Å². The summed E-state index contributed by atoms with van der Waals surface area (Å²) in [7, 11) is 0. The summed E-state index contributed by atoms with van der Waals surface area (Å²) in [5, 5.41) is 2.06. The molecule has 0 fully saturated rings. The minimum absolute atomic E-state index is 0.977. The first kappa shape index (κ1) is 11.8. The van der Waals surface area contributed by atoms with Gasteiger partial charge in [0.05, 0.1) is 14.4 Å². The first-order chi connectivity index (χ1) is 9.25. The number of hydrogen-bond donors (Lipinski definition) is 0. The first-order valence-corrected chi connectivity index (χ1v) is 20.0. The predicted molar refractivity (Wildman–Crippen MR) is 128 cm³/mol. The molecule has 2 rings (SSSR count). The van der Waals surface area contributed by atoms with Crippen LogP contribution in [0.3, 0.4) is 0 Å². The number of rotatable bonds is 4. The molecule has 10 heteroatoms. The Bertz CT molecular complexity index is 630. The highest BCUT2D eigenvalue weighted by Crippen LogP contribution is 2.41. The van der Waals surface area contributed by atoms with Gasteiger partial charge in [-0.3, -0.25) is 0 Å². The van der Waals surface area contributed by atoms with E-state index < -0.39 is 24.7 Å². The van der Waals surface area contributed by atoms with Crippen LogP contribution in [0.25, 0.3) is 10.1 Å². The summed E-state index contributed by atoms with van der Waals surface area (Å²) >= 11 is 11.8. The third-order valence-corrected chi connectivity index (χ3v) is 16.3. The van der Waals surface area contributed by atoms with Crippen LogP contribution >= 0.6 is 136 Å². The topological polar surface area (TPSA) is 0 Å². The Morgan fingerprint density at radius 1 is 0.812 bits per heavy atom. The van der Waals surface area contributed by atoms with Crippen molar-refractivity contribution in [3.05, 3.63) is 0 Å². The van der Waals surface area contributed by atoms with Gasteiger partial charge in [0, 0.05) is 19.9 Å². The third kappa shape index (κ3) is 3.37. The van der Waals surface area contributed by atoms with Crippen molar-refractivity contribution >= 4 is 165 Å². The van der Waals surface area contributed by atoms with Gasteiger partial charge in [-0.25, -0.2) is 0 Å². The summed E-state index contributed by atoms with van der Waals surface area (Å²) in [5.74, 6) is 0. The van der Waals surface area contributed by atoms with Gasteiger partial charge in [-0.1, -0.05) is 88.2 Å². The molecule has 4 atom stereocenters. The first-order valence-electron chi connectivity index (χ1n) is 5.43. The van der Waals surface area contributed by atoms with E-state index in [-0.39, 0.29) is 0 Å². The molecule has 2 aromatic rings. The van der Waals surface area contributed by atoms with Crippen LogP contribution < -0.4 is 19.2 Å². The zero-order chi connectivity index (χ0) is 15.2. The second-order valence-electron chi connectivity index (χ2n) is 2.51. The lowest BCUT2D eigenvalue weighted by atomic mass is 10.4. The van der Waals surface area contributed by atoms with Crippen molar-refractivity contribution in [2.45, 2.75) is 0 Å². The molecule has 0 amide bonds. The zero-order valence-electron chi connectivity index (χ0n) is 11.1. The van der Waals surface area contributed by atoms with Crippen molar-refractivity contribution in [1.82, 2.24) is 0 Å². The summed E-state index contributed by atoms with van der Waals surface area (Å²) in [4.78, 5) is 0. The van der Waals surface area contributed by atoms with E-state index >= 15 is 0 Å². The van der Waals surface area contributed by atoms with Crippen molar-refractivity contribution in [1.29, 1.82) is 5.11 Å². The van der Waals surface area contributed by atoms with Gasteiger partial charge >= 0.3 is 0 Å². The molecule has 0 aliphatic carbocycles. The molecule has 0 saturated carbocycles. The van der Waals surface area contributed by atoms with Gasteiger partial charge in [0.2, 0.25) is 0 Å². The summed E-state index contributed by atoms with van der Waals surface area (Å²) in [6.07, 6.45) is -4.06. The standard InChI is InChI=1S/C6H4I4P4S2/c7-11-2-1-3(15-5(2)13-9)6(14-10)16-4(1)12-8/h11-14H/i11D,12D,13D,14D. The number of thiophene rings is 2. The van der Waals surface area contributed by atoms with E-state index in [4.69, 9.17) is 5.11 Å². The minimum Gasteiger partial charge on any atom is -0.133 e. The van der Waals surface area contributed by atoms with E-state index in [1.165, 1.54) is 0 Å². The van der Waals surface area contributed by atoms with Crippen molar-refractivity contribution in [3.8, 4) is 0 Å². The maximum Gasteiger partial charge on any atom is 0.0748 e. The summed E-state index contributed by atoms with van der Waals surface area (Å²) in [6.45, 7) is 0. The van der Waals surface area contributed by atoms with Crippen LogP contribution in [0.4, 0.5) is 0 Å². The lowest BCUT2D eigenvalue weighted by Gasteiger charge is -1.97. The van der Waals surface area contributed by atoms with E-state index in [9.17, 15) is 0 Å². The molecule has 0 N–H and O–H groups in total. The van der Waals surface area contributed by atoms with Crippen molar-refractivity contribution in [2.75, 3.05) is 0 Å². The van der Waals surface area contributed by atoms with Gasteiger partial charge in [-0.05, 0) is 24.7 Å². The molecule has 0 aliphatic rings. The Kier molecular flexibility index (Phi) is 5.96. The van der Waals surface area contributed by atoms with Gasteiger partial charge in [0.1, 0.15) is 0 Å². The van der Waals surface area contributed by atoms with Crippen molar-refractivity contribution in [3.63, 3.8) is 0 Å². The van der Waals surface area contributed by atoms with Gasteiger partial charge in [0.25, 0.3) is 0 Å². The molecule has 0 spiro atoms. The maximum atomic E-state index is 8.19. The van der Waals surface area contributed by atoms with Crippen LogP contribution in [-0.2, 0) is 0 Å². The largest absolute Gasteiger partial charge is 0.133 e. The molecule has 0 aromatic carbocycles. The molecule has 2 heterocycles. The smallest absolute Gasteiger partial charge is 0.0748 e. The van der Waals surface area contributed by atoms with Gasteiger partial charge in [-0.15, -0.1) is 22.7 Å².